The molecule has 0 aromatic heterocycles. The van der Waals surface area contributed by atoms with Crippen LogP contribution in [0.3, 0.4) is 0 Å². The summed E-state index contributed by atoms with van der Waals surface area (Å²) in [4.78, 5) is 40.8. The molecule has 1 aliphatic heterocycles. The second-order valence-electron chi connectivity index (χ2n) is 6.94. The topological polar surface area (TPSA) is 104 Å². The van der Waals surface area contributed by atoms with Crippen LogP contribution >= 0.6 is 11.6 Å². The van der Waals surface area contributed by atoms with Gasteiger partial charge in [-0.2, -0.15) is 0 Å². The minimum Gasteiger partial charge on any atom is -0.481 e. The molecule has 4 unspecified atom stereocenters. The molecule has 0 saturated heterocycles. The monoisotopic (exact) mass is 393 g/mol. The van der Waals surface area contributed by atoms with Gasteiger partial charge in [0, 0.05) is 22.9 Å². The van der Waals surface area contributed by atoms with Crippen molar-refractivity contribution in [3.63, 3.8) is 0 Å². The molecule has 2 N–H and O–H groups in total. The zero-order valence-electron chi connectivity index (χ0n) is 14.6. The lowest BCUT2D eigenvalue weighted by Gasteiger charge is -2.37. The number of ketones is 1. The van der Waals surface area contributed by atoms with Gasteiger partial charge in [-0.05, 0) is 37.0 Å². The zero-order valence-corrected chi connectivity index (χ0v) is 15.3. The van der Waals surface area contributed by atoms with Gasteiger partial charge < -0.3 is 10.2 Å². The van der Waals surface area contributed by atoms with Crippen molar-refractivity contribution < 1.29 is 29.0 Å². The first-order valence-corrected chi connectivity index (χ1v) is 8.74. The summed E-state index contributed by atoms with van der Waals surface area (Å²) in [6.45, 7) is 3.19. The second kappa shape index (κ2) is 6.88. The molecule has 0 spiro atoms. The number of hydrogen-bond donors (Lipinski definition) is 2. The van der Waals surface area contributed by atoms with E-state index in [9.17, 15) is 29.0 Å². The third kappa shape index (κ3) is 3.16. The van der Waals surface area contributed by atoms with Crippen LogP contribution in [0.25, 0.3) is 0 Å². The summed E-state index contributed by atoms with van der Waals surface area (Å²) >= 11 is 5.73. The Morgan fingerprint density at radius 3 is 2.41 bits per heavy atom. The van der Waals surface area contributed by atoms with E-state index in [1.54, 1.807) is 13.8 Å². The van der Waals surface area contributed by atoms with E-state index in [2.05, 4.69) is 4.99 Å². The highest BCUT2D eigenvalue weighted by Crippen LogP contribution is 2.46. The number of rotatable bonds is 3. The maximum absolute atomic E-state index is 14.0. The number of hydrogen-bond acceptors (Lipinski definition) is 4. The maximum Gasteiger partial charge on any atom is 0.314 e. The first-order chi connectivity index (χ1) is 12.6. The van der Waals surface area contributed by atoms with Crippen molar-refractivity contribution in [2.75, 3.05) is 0 Å². The standard InChI is InChI=1S/C19H17ClFNO5/c1-7-5-12-16(17(23)13(7)18(24)25)15(14(19(26)27)8(2)22-12)9-3-4-10(20)11(21)6-9/h3-4,6-7,13-15H,5H2,1-2H3,(H,24,25)(H,26,27). The van der Waals surface area contributed by atoms with Gasteiger partial charge in [0.05, 0.1) is 5.02 Å². The van der Waals surface area contributed by atoms with Gasteiger partial charge in [0.2, 0.25) is 0 Å². The molecule has 27 heavy (non-hydrogen) atoms. The van der Waals surface area contributed by atoms with E-state index >= 15 is 0 Å². The number of Topliss-reactive ketones (excluding diaryl/α,β-unsaturated/α-hetero) is 1. The van der Waals surface area contributed by atoms with Crippen LogP contribution in [0.15, 0.2) is 34.5 Å². The van der Waals surface area contributed by atoms with Gasteiger partial charge in [0.25, 0.3) is 0 Å². The molecule has 4 atom stereocenters. The molecular formula is C19H17ClFNO5. The van der Waals surface area contributed by atoms with Crippen molar-refractivity contribution in [1.29, 1.82) is 0 Å². The van der Waals surface area contributed by atoms with Crippen LogP contribution in [0, 0.1) is 23.6 Å². The van der Waals surface area contributed by atoms with E-state index in [-0.39, 0.29) is 28.3 Å². The van der Waals surface area contributed by atoms with Crippen molar-refractivity contribution in [3.05, 3.63) is 45.9 Å². The average molecular weight is 394 g/mol. The fourth-order valence-electron chi connectivity index (χ4n) is 3.97. The molecule has 1 heterocycles. The zero-order chi connectivity index (χ0) is 20.0. The Morgan fingerprint density at radius 1 is 1.22 bits per heavy atom. The smallest absolute Gasteiger partial charge is 0.314 e. The van der Waals surface area contributed by atoms with Crippen LogP contribution in [0.1, 0.15) is 31.7 Å². The largest absolute Gasteiger partial charge is 0.481 e. The minimum atomic E-state index is -1.29. The molecule has 1 aliphatic carbocycles. The number of halogens is 2. The van der Waals surface area contributed by atoms with Crippen LogP contribution < -0.4 is 0 Å². The van der Waals surface area contributed by atoms with Crippen molar-refractivity contribution >= 4 is 35.0 Å². The molecule has 3 rings (SSSR count). The molecule has 1 aromatic carbocycles. The van der Waals surface area contributed by atoms with Gasteiger partial charge in [-0.15, -0.1) is 0 Å². The highest BCUT2D eigenvalue weighted by atomic mass is 35.5. The van der Waals surface area contributed by atoms with E-state index < -0.39 is 47.2 Å². The maximum atomic E-state index is 14.0. The SMILES string of the molecule is CC1=NC2=C(C(=O)C(C(=O)O)C(C)C2)C(c2ccc(Cl)c(F)c2)C1C(=O)O. The summed E-state index contributed by atoms with van der Waals surface area (Å²) in [5.74, 6) is -7.88. The fraction of sp³-hybridized carbons (Fsp3) is 0.368. The summed E-state index contributed by atoms with van der Waals surface area (Å²) in [6.07, 6.45) is 0.230. The van der Waals surface area contributed by atoms with E-state index in [0.29, 0.717) is 5.70 Å². The van der Waals surface area contributed by atoms with Crippen molar-refractivity contribution in [3.8, 4) is 0 Å². The first-order valence-electron chi connectivity index (χ1n) is 8.36. The third-order valence-corrected chi connectivity index (χ3v) is 5.49. The normalized spacial score (nSPS) is 27.9. The number of benzene rings is 1. The van der Waals surface area contributed by atoms with Crippen LogP contribution in [0.2, 0.25) is 5.02 Å². The second-order valence-corrected chi connectivity index (χ2v) is 7.35. The van der Waals surface area contributed by atoms with Crippen molar-refractivity contribution in [1.82, 2.24) is 0 Å². The summed E-state index contributed by atoms with van der Waals surface area (Å²) in [5.41, 5.74) is 0.953. The van der Waals surface area contributed by atoms with Gasteiger partial charge in [-0.1, -0.05) is 24.6 Å². The highest BCUT2D eigenvalue weighted by molar-refractivity contribution is 6.30. The Hall–Kier alpha value is -2.54. The third-order valence-electron chi connectivity index (χ3n) is 5.18. The molecular weight excluding hydrogens is 377 g/mol. The quantitative estimate of drug-likeness (QED) is 0.767. The number of nitrogens with zero attached hydrogens (tertiary/aromatic N) is 1. The molecule has 0 radical (unpaired) electrons. The number of carbonyl (C=O) groups is 3. The van der Waals surface area contributed by atoms with Crippen LogP contribution in [0.5, 0.6) is 0 Å². The lowest BCUT2D eigenvalue weighted by Crippen LogP contribution is -2.42. The lowest BCUT2D eigenvalue weighted by molar-refractivity contribution is -0.147. The van der Waals surface area contributed by atoms with Crippen LogP contribution in [-0.4, -0.2) is 33.6 Å². The number of allylic oxidation sites excluding steroid dienone is 2. The van der Waals surface area contributed by atoms with E-state index in [4.69, 9.17) is 11.6 Å². The van der Waals surface area contributed by atoms with Gasteiger partial charge in [-0.3, -0.25) is 19.4 Å². The summed E-state index contributed by atoms with van der Waals surface area (Å²) in [6, 6.07) is 3.83. The number of aliphatic imine (C=N–C) groups is 1. The Morgan fingerprint density at radius 2 is 1.85 bits per heavy atom. The molecule has 0 amide bonds. The molecule has 0 fully saturated rings. The Labute approximate surface area is 159 Å². The molecule has 0 bridgehead atoms. The fourth-order valence-corrected chi connectivity index (χ4v) is 4.09. The minimum absolute atomic E-state index is 0.0419. The molecule has 142 valence electrons. The predicted octanol–water partition coefficient (Wildman–Crippen LogP) is 3.30. The van der Waals surface area contributed by atoms with Gasteiger partial charge in [-0.25, -0.2) is 4.39 Å². The Balaban J connectivity index is 2.24. The lowest BCUT2D eigenvalue weighted by atomic mass is 9.67. The molecule has 0 saturated carbocycles. The predicted molar refractivity (Wildman–Crippen MR) is 95.3 cm³/mol. The number of carbonyl (C=O) groups excluding carboxylic acids is 1. The molecule has 2 aliphatic rings. The number of aliphatic carboxylic acids is 2. The summed E-state index contributed by atoms with van der Waals surface area (Å²) in [7, 11) is 0. The Kier molecular flexibility index (Phi) is 4.90. The number of carboxylic acid groups (broad SMARTS) is 2. The Bertz CT molecular complexity index is 923. The summed E-state index contributed by atoms with van der Waals surface area (Å²) < 4.78 is 14.0. The highest BCUT2D eigenvalue weighted by Gasteiger charge is 2.48. The van der Waals surface area contributed by atoms with Gasteiger partial charge >= 0.3 is 11.9 Å². The van der Waals surface area contributed by atoms with Crippen LogP contribution in [0.4, 0.5) is 4.39 Å². The van der Waals surface area contributed by atoms with E-state index in [1.807, 2.05) is 0 Å². The number of carboxylic acids is 2. The van der Waals surface area contributed by atoms with E-state index in [1.165, 1.54) is 12.1 Å². The molecule has 1 aromatic rings. The summed E-state index contributed by atoms with van der Waals surface area (Å²) in [5, 5.41) is 19.0. The van der Waals surface area contributed by atoms with Crippen LogP contribution in [-0.2, 0) is 14.4 Å². The van der Waals surface area contributed by atoms with Gasteiger partial charge in [0.1, 0.15) is 17.7 Å². The molecule has 8 heteroatoms. The first kappa shape index (κ1) is 19.2. The molecule has 6 nitrogen and oxygen atoms in total. The van der Waals surface area contributed by atoms with Crippen molar-refractivity contribution in [2.45, 2.75) is 26.2 Å². The van der Waals surface area contributed by atoms with Gasteiger partial charge in [0.15, 0.2) is 5.78 Å². The van der Waals surface area contributed by atoms with E-state index in [0.717, 1.165) is 6.07 Å². The van der Waals surface area contributed by atoms with Crippen molar-refractivity contribution in [2.24, 2.45) is 22.7 Å². The average Bonchev–Trinajstić information content (AvgIpc) is 2.55.